The number of ether oxygens (including phenoxy) is 1. The molecule has 1 amide bonds. The highest BCUT2D eigenvalue weighted by atomic mass is 16.5. The van der Waals surface area contributed by atoms with Gasteiger partial charge in [0.05, 0.1) is 11.1 Å². The van der Waals surface area contributed by atoms with Crippen molar-refractivity contribution in [3.63, 3.8) is 0 Å². The van der Waals surface area contributed by atoms with Crippen LogP contribution in [0.5, 0.6) is 5.75 Å². The molecule has 0 bridgehead atoms. The first-order valence-electron chi connectivity index (χ1n) is 11.7. The minimum Gasteiger partial charge on any atom is -0.492 e. The number of benzene rings is 2. The van der Waals surface area contributed by atoms with Crippen LogP contribution >= 0.6 is 0 Å². The third kappa shape index (κ3) is 4.15. The van der Waals surface area contributed by atoms with Crippen LogP contribution in [-0.4, -0.2) is 56.1 Å². The van der Waals surface area contributed by atoms with Gasteiger partial charge >= 0.3 is 0 Å². The van der Waals surface area contributed by atoms with E-state index in [-0.39, 0.29) is 11.4 Å². The lowest BCUT2D eigenvalue weighted by Gasteiger charge is -2.37. The molecule has 1 saturated carbocycles. The van der Waals surface area contributed by atoms with Gasteiger partial charge in [-0.2, -0.15) is 0 Å². The van der Waals surface area contributed by atoms with Gasteiger partial charge in [0.15, 0.2) is 0 Å². The molecule has 0 unspecified atom stereocenters. The quantitative estimate of drug-likeness (QED) is 0.594. The van der Waals surface area contributed by atoms with E-state index in [0.29, 0.717) is 18.2 Å². The summed E-state index contributed by atoms with van der Waals surface area (Å²) < 4.78 is 6.01. The second kappa shape index (κ2) is 8.34. The summed E-state index contributed by atoms with van der Waals surface area (Å²) in [5.41, 5.74) is 3.38. The Kier molecular flexibility index (Phi) is 5.49. The number of likely N-dealkylation sites (N-methyl/N-ethyl adjacent to an activating group) is 1. The van der Waals surface area contributed by atoms with E-state index < -0.39 is 0 Å². The number of carbonyl (C=O) groups excluding carboxylic acids is 1. The maximum absolute atomic E-state index is 13.4. The Hall–Kier alpha value is -3.12. The maximum atomic E-state index is 13.4. The molecular formula is C27H32N4O2. The highest BCUT2D eigenvalue weighted by Crippen LogP contribution is 2.48. The van der Waals surface area contributed by atoms with Crippen molar-refractivity contribution in [2.24, 2.45) is 0 Å². The minimum atomic E-state index is -0.337. The lowest BCUT2D eigenvalue weighted by atomic mass is 9.98. The van der Waals surface area contributed by atoms with E-state index >= 15 is 0 Å². The number of likely N-dealkylation sites (tertiary alicyclic amines) is 1. The van der Waals surface area contributed by atoms with Crippen LogP contribution in [0.4, 0.5) is 5.82 Å². The highest BCUT2D eigenvalue weighted by molar-refractivity contribution is 5.97. The first kappa shape index (κ1) is 21.7. The Morgan fingerprint density at radius 2 is 2.03 bits per heavy atom. The molecule has 1 saturated heterocycles. The van der Waals surface area contributed by atoms with Crippen molar-refractivity contribution in [3.05, 3.63) is 65.2 Å². The molecule has 1 atom stereocenters. The summed E-state index contributed by atoms with van der Waals surface area (Å²) in [7, 11) is 6.10. The molecule has 1 N–H and O–H groups in total. The van der Waals surface area contributed by atoms with E-state index in [1.54, 1.807) is 0 Å². The zero-order valence-corrected chi connectivity index (χ0v) is 19.9. The van der Waals surface area contributed by atoms with Crippen LogP contribution in [0.3, 0.4) is 0 Å². The zero-order chi connectivity index (χ0) is 23.2. The number of nitrogens with one attached hydrogen (secondary N) is 1. The number of carbonyl (C=O) groups is 1. The Balaban J connectivity index is 1.37. The number of amides is 1. The van der Waals surface area contributed by atoms with Gasteiger partial charge in [-0.25, -0.2) is 4.98 Å². The van der Waals surface area contributed by atoms with Crippen LogP contribution in [-0.2, 0) is 5.54 Å². The van der Waals surface area contributed by atoms with Crippen LogP contribution in [0.1, 0.15) is 40.7 Å². The molecule has 6 heteroatoms. The Bertz CT molecular complexity index is 1200. The molecule has 6 nitrogen and oxygen atoms in total. The van der Waals surface area contributed by atoms with Crippen LogP contribution in [0.15, 0.2) is 48.5 Å². The molecule has 2 heterocycles. The average molecular weight is 445 g/mol. The second-order valence-electron chi connectivity index (χ2n) is 9.68. The van der Waals surface area contributed by atoms with Gasteiger partial charge in [-0.1, -0.05) is 18.2 Å². The molecule has 0 radical (unpaired) electrons. The number of fused-ring (bicyclic) bond motifs is 1. The predicted molar refractivity (Wildman–Crippen MR) is 132 cm³/mol. The normalized spacial score (nSPS) is 19.1. The predicted octanol–water partition coefficient (Wildman–Crippen LogP) is 4.11. The summed E-state index contributed by atoms with van der Waals surface area (Å²) in [6, 6.07) is 16.6. The fraction of sp³-hybridized carbons (Fsp3) is 0.407. The van der Waals surface area contributed by atoms with E-state index in [1.807, 2.05) is 62.3 Å². The number of nitrogens with zero attached hydrogens (tertiary/aromatic N) is 3. The van der Waals surface area contributed by atoms with E-state index in [0.717, 1.165) is 59.4 Å². The summed E-state index contributed by atoms with van der Waals surface area (Å²) in [4.78, 5) is 22.5. The minimum absolute atomic E-state index is 0.0499. The van der Waals surface area contributed by atoms with E-state index in [9.17, 15) is 4.79 Å². The lowest BCUT2D eigenvalue weighted by Crippen LogP contribution is -2.48. The number of hydrogen-bond donors (Lipinski definition) is 1. The van der Waals surface area contributed by atoms with Gasteiger partial charge < -0.3 is 15.0 Å². The van der Waals surface area contributed by atoms with Gasteiger partial charge in [-0.05, 0) is 81.2 Å². The zero-order valence-electron chi connectivity index (χ0n) is 19.9. The van der Waals surface area contributed by atoms with Gasteiger partial charge in [0.25, 0.3) is 5.91 Å². The smallest absolute Gasteiger partial charge is 0.252 e. The van der Waals surface area contributed by atoms with Gasteiger partial charge in [0, 0.05) is 31.1 Å². The Morgan fingerprint density at radius 3 is 2.70 bits per heavy atom. The van der Waals surface area contributed by atoms with Crippen LogP contribution in [0.25, 0.3) is 10.9 Å². The summed E-state index contributed by atoms with van der Waals surface area (Å²) in [6.45, 7) is 3.75. The topological polar surface area (TPSA) is 57.7 Å². The summed E-state index contributed by atoms with van der Waals surface area (Å²) in [6.07, 6.45) is 3.02. The first-order valence-corrected chi connectivity index (χ1v) is 11.7. The number of aryl methyl sites for hydroxylation is 1. The van der Waals surface area contributed by atoms with Crippen molar-refractivity contribution in [1.29, 1.82) is 0 Å². The molecule has 2 aromatic carbocycles. The number of aromatic nitrogens is 1. The van der Waals surface area contributed by atoms with E-state index in [2.05, 4.69) is 29.4 Å². The molecule has 2 fully saturated rings. The maximum Gasteiger partial charge on any atom is 0.252 e. The second-order valence-corrected chi connectivity index (χ2v) is 9.68. The number of rotatable bonds is 7. The van der Waals surface area contributed by atoms with Crippen LogP contribution < -0.4 is 15.0 Å². The van der Waals surface area contributed by atoms with Gasteiger partial charge in [-0.15, -0.1) is 0 Å². The molecule has 5 rings (SSSR count). The van der Waals surface area contributed by atoms with E-state index in [4.69, 9.17) is 9.72 Å². The van der Waals surface area contributed by atoms with Crippen molar-refractivity contribution >= 4 is 22.6 Å². The number of anilines is 1. The average Bonchev–Trinajstić information content (AvgIpc) is 3.58. The van der Waals surface area contributed by atoms with Gasteiger partial charge in [0.1, 0.15) is 18.2 Å². The monoisotopic (exact) mass is 444 g/mol. The molecule has 33 heavy (non-hydrogen) atoms. The fourth-order valence-corrected chi connectivity index (χ4v) is 4.59. The van der Waals surface area contributed by atoms with Crippen LogP contribution in [0, 0.1) is 6.92 Å². The fourth-order valence-electron chi connectivity index (χ4n) is 4.59. The third-order valence-corrected chi connectivity index (χ3v) is 7.13. The molecule has 172 valence electrons. The first-order chi connectivity index (χ1) is 15.9. The van der Waals surface area contributed by atoms with Crippen molar-refractivity contribution < 1.29 is 9.53 Å². The van der Waals surface area contributed by atoms with Gasteiger partial charge in [-0.3, -0.25) is 9.69 Å². The van der Waals surface area contributed by atoms with Crippen LogP contribution in [0.2, 0.25) is 0 Å². The molecule has 1 aromatic heterocycles. The summed E-state index contributed by atoms with van der Waals surface area (Å²) in [5.74, 6) is 1.63. The Morgan fingerprint density at radius 1 is 1.21 bits per heavy atom. The molecule has 1 aliphatic heterocycles. The Labute approximate surface area is 195 Å². The SMILES string of the molecule is Cc1ccc(OC[C@@H]2CCN2C)cc1C(=O)NC1(c2cccc3nc(N(C)C)ccc23)CC1. The van der Waals surface area contributed by atoms with E-state index in [1.165, 1.54) is 0 Å². The van der Waals surface area contributed by atoms with Crippen molar-refractivity contribution in [2.45, 2.75) is 37.8 Å². The lowest BCUT2D eigenvalue weighted by molar-refractivity contribution is 0.0767. The summed E-state index contributed by atoms with van der Waals surface area (Å²) in [5, 5.41) is 4.45. The largest absolute Gasteiger partial charge is 0.492 e. The molecule has 2 aliphatic rings. The number of hydrogen-bond acceptors (Lipinski definition) is 5. The molecular weight excluding hydrogens is 412 g/mol. The van der Waals surface area contributed by atoms with Gasteiger partial charge in [0.2, 0.25) is 0 Å². The third-order valence-electron chi connectivity index (χ3n) is 7.13. The molecule has 0 spiro atoms. The van der Waals surface area contributed by atoms with Crippen molar-refractivity contribution in [2.75, 3.05) is 39.2 Å². The molecule has 1 aliphatic carbocycles. The highest BCUT2D eigenvalue weighted by Gasteiger charge is 2.47. The standard InChI is InChI=1S/C27H32N4O2/c1-18-8-9-20(33-17-19-12-15-31(19)4)16-22(18)26(32)29-27(13-14-27)23-6-5-7-24-21(23)10-11-25(28-24)30(2)3/h5-11,16,19H,12-15,17H2,1-4H3,(H,29,32)/t19-/m0/s1. The number of pyridine rings is 1. The molecule has 3 aromatic rings. The van der Waals surface area contributed by atoms with Crippen molar-refractivity contribution in [1.82, 2.24) is 15.2 Å². The van der Waals surface area contributed by atoms with Crippen molar-refractivity contribution in [3.8, 4) is 5.75 Å². The summed E-state index contributed by atoms with van der Waals surface area (Å²) >= 11 is 0.